The third kappa shape index (κ3) is 4.56. The molecule has 1 aliphatic heterocycles. The second-order valence-electron chi connectivity index (χ2n) is 8.27. The van der Waals surface area contributed by atoms with E-state index in [1.807, 2.05) is 66.7 Å². The maximum atomic E-state index is 12.7. The minimum Gasteiger partial charge on any atom is -0.351 e. The van der Waals surface area contributed by atoms with Crippen molar-refractivity contribution in [3.8, 4) is 21.6 Å². The van der Waals surface area contributed by atoms with Crippen molar-refractivity contribution in [2.75, 3.05) is 18.0 Å². The van der Waals surface area contributed by atoms with Crippen molar-refractivity contribution < 1.29 is 9.59 Å². The number of hydrogen-bond acceptors (Lipinski definition) is 4. The van der Waals surface area contributed by atoms with E-state index in [4.69, 9.17) is 0 Å². The van der Waals surface area contributed by atoms with E-state index in [2.05, 4.69) is 10.3 Å². The Kier molecular flexibility index (Phi) is 6.10. The van der Waals surface area contributed by atoms with E-state index in [0.29, 0.717) is 30.0 Å². The number of aromatic nitrogens is 1. The Hall–Kier alpha value is -3.97. The first-order valence-electron chi connectivity index (χ1n) is 11.1. The Labute approximate surface area is 200 Å². The Balaban J connectivity index is 1.19. The van der Waals surface area contributed by atoms with E-state index in [1.54, 1.807) is 23.2 Å². The highest BCUT2D eigenvalue weighted by Gasteiger charge is 2.31. The van der Waals surface area contributed by atoms with Crippen LogP contribution in [0.4, 0.5) is 5.69 Å². The zero-order valence-electron chi connectivity index (χ0n) is 18.4. The van der Waals surface area contributed by atoms with Crippen LogP contribution in [0.2, 0.25) is 0 Å². The number of benzene rings is 2. The van der Waals surface area contributed by atoms with Crippen LogP contribution in [0.25, 0.3) is 21.6 Å². The van der Waals surface area contributed by atoms with Crippen molar-refractivity contribution in [2.24, 2.45) is 5.92 Å². The molecule has 0 radical (unpaired) electrons. The molecular formula is C27H23N3O3S. The Bertz CT molecular complexity index is 1380. The monoisotopic (exact) mass is 469 g/mol. The smallest absolute Gasteiger partial charge is 0.261 e. The van der Waals surface area contributed by atoms with Gasteiger partial charge in [0.1, 0.15) is 0 Å². The fourth-order valence-corrected chi connectivity index (χ4v) is 5.11. The van der Waals surface area contributed by atoms with Gasteiger partial charge >= 0.3 is 0 Å². The summed E-state index contributed by atoms with van der Waals surface area (Å²) in [6.45, 7) is 0.987. The third-order valence-electron chi connectivity index (χ3n) is 5.95. The molecule has 1 aliphatic rings. The molecular weight excluding hydrogens is 446 g/mol. The van der Waals surface area contributed by atoms with Crippen LogP contribution in [-0.2, 0) is 4.79 Å². The maximum absolute atomic E-state index is 12.7. The second kappa shape index (κ2) is 9.49. The summed E-state index contributed by atoms with van der Waals surface area (Å²) in [7, 11) is 0. The summed E-state index contributed by atoms with van der Waals surface area (Å²) in [5, 5.41) is 2.99. The number of anilines is 1. The predicted octanol–water partition coefficient (Wildman–Crippen LogP) is 4.55. The molecule has 0 spiro atoms. The van der Waals surface area contributed by atoms with Crippen LogP contribution in [0.5, 0.6) is 0 Å². The highest BCUT2D eigenvalue weighted by Crippen LogP contribution is 2.29. The molecule has 3 heterocycles. The van der Waals surface area contributed by atoms with E-state index in [9.17, 15) is 14.4 Å². The quantitative estimate of drug-likeness (QED) is 0.435. The van der Waals surface area contributed by atoms with Crippen LogP contribution >= 0.6 is 11.3 Å². The Morgan fingerprint density at radius 2 is 1.74 bits per heavy atom. The lowest BCUT2D eigenvalue weighted by Gasteiger charge is -2.17. The van der Waals surface area contributed by atoms with Gasteiger partial charge in [0.2, 0.25) is 5.91 Å². The molecule has 6 nitrogen and oxygen atoms in total. The minimum atomic E-state index is -0.148. The molecule has 0 aliphatic carbocycles. The number of carbonyl (C=O) groups is 2. The molecule has 170 valence electrons. The van der Waals surface area contributed by atoms with Crippen molar-refractivity contribution in [2.45, 2.75) is 6.42 Å². The summed E-state index contributed by atoms with van der Waals surface area (Å²) in [6.07, 6.45) is 1.99. The van der Waals surface area contributed by atoms with Crippen molar-refractivity contribution in [1.82, 2.24) is 10.3 Å². The minimum absolute atomic E-state index is 0.0343. The van der Waals surface area contributed by atoms with E-state index >= 15 is 0 Å². The van der Waals surface area contributed by atoms with Crippen molar-refractivity contribution in [3.05, 3.63) is 100 Å². The highest BCUT2D eigenvalue weighted by atomic mass is 32.1. The SMILES string of the molecule is O=C(NCC1CC(=O)N(c2ccc(-c3ccc[nH]c3=O)cc2)C1)c1ccc(-c2ccccc2)s1. The van der Waals surface area contributed by atoms with Crippen molar-refractivity contribution in [1.29, 1.82) is 0 Å². The van der Waals surface area contributed by atoms with Crippen LogP contribution in [0.1, 0.15) is 16.1 Å². The average molecular weight is 470 g/mol. The number of nitrogens with one attached hydrogen (secondary N) is 2. The summed E-state index contributed by atoms with van der Waals surface area (Å²) in [5.74, 6) is -0.0378. The van der Waals surface area contributed by atoms with Crippen LogP contribution < -0.4 is 15.8 Å². The Morgan fingerprint density at radius 3 is 2.50 bits per heavy atom. The topological polar surface area (TPSA) is 82.3 Å². The number of nitrogens with zero attached hydrogens (tertiary/aromatic N) is 1. The molecule has 1 saturated heterocycles. The number of rotatable bonds is 6. The number of pyridine rings is 1. The Morgan fingerprint density at radius 1 is 0.941 bits per heavy atom. The number of aromatic amines is 1. The van der Waals surface area contributed by atoms with Gasteiger partial charge in [-0.2, -0.15) is 0 Å². The molecule has 2 aromatic carbocycles. The molecule has 2 amide bonds. The predicted molar refractivity (Wildman–Crippen MR) is 135 cm³/mol. The molecule has 0 saturated carbocycles. The molecule has 1 atom stereocenters. The molecule has 0 bridgehead atoms. The van der Waals surface area contributed by atoms with Gasteiger partial charge in [0, 0.05) is 47.8 Å². The molecule has 34 heavy (non-hydrogen) atoms. The first-order valence-corrected chi connectivity index (χ1v) is 11.9. The highest BCUT2D eigenvalue weighted by molar-refractivity contribution is 7.17. The first-order chi connectivity index (χ1) is 16.6. The third-order valence-corrected chi connectivity index (χ3v) is 7.09. The van der Waals surface area contributed by atoms with Gasteiger partial charge in [-0.1, -0.05) is 42.5 Å². The summed E-state index contributed by atoms with van der Waals surface area (Å²) in [5.41, 5.74) is 3.12. The van der Waals surface area contributed by atoms with Crippen molar-refractivity contribution in [3.63, 3.8) is 0 Å². The normalized spacial score (nSPS) is 15.5. The van der Waals surface area contributed by atoms with Gasteiger partial charge in [0.05, 0.1) is 4.88 Å². The summed E-state index contributed by atoms with van der Waals surface area (Å²) in [4.78, 5) is 43.4. The molecule has 2 N–H and O–H groups in total. The van der Waals surface area contributed by atoms with Crippen LogP contribution in [-0.4, -0.2) is 29.9 Å². The lowest BCUT2D eigenvalue weighted by molar-refractivity contribution is -0.117. The van der Waals surface area contributed by atoms with Gasteiger partial charge in [-0.3, -0.25) is 14.4 Å². The van der Waals surface area contributed by atoms with Crippen LogP contribution in [0, 0.1) is 5.92 Å². The number of hydrogen-bond donors (Lipinski definition) is 2. The van der Waals surface area contributed by atoms with Gasteiger partial charge in [0.15, 0.2) is 0 Å². The molecule has 1 unspecified atom stereocenters. The lowest BCUT2D eigenvalue weighted by atomic mass is 10.1. The van der Waals surface area contributed by atoms with E-state index in [0.717, 1.165) is 21.7 Å². The van der Waals surface area contributed by atoms with Gasteiger partial charge in [-0.25, -0.2) is 0 Å². The first kappa shape index (κ1) is 21.9. The largest absolute Gasteiger partial charge is 0.351 e. The molecule has 7 heteroatoms. The van der Waals surface area contributed by atoms with Gasteiger partial charge in [0.25, 0.3) is 11.5 Å². The van der Waals surface area contributed by atoms with Gasteiger partial charge in [-0.15, -0.1) is 11.3 Å². The average Bonchev–Trinajstić information content (AvgIpc) is 3.51. The van der Waals surface area contributed by atoms with E-state index in [-0.39, 0.29) is 23.3 Å². The number of thiophene rings is 1. The van der Waals surface area contributed by atoms with Crippen LogP contribution in [0.3, 0.4) is 0 Å². The van der Waals surface area contributed by atoms with E-state index in [1.165, 1.54) is 11.3 Å². The molecule has 2 aromatic heterocycles. The lowest BCUT2D eigenvalue weighted by Crippen LogP contribution is -2.30. The number of H-pyrrole nitrogens is 1. The maximum Gasteiger partial charge on any atom is 0.261 e. The number of amides is 2. The molecule has 4 aromatic rings. The van der Waals surface area contributed by atoms with Crippen LogP contribution in [0.15, 0.2) is 89.9 Å². The summed E-state index contributed by atoms with van der Waals surface area (Å²) in [6, 6.07) is 24.7. The number of carbonyl (C=O) groups excluding carboxylic acids is 2. The second-order valence-corrected chi connectivity index (χ2v) is 9.36. The molecule has 1 fully saturated rings. The van der Waals surface area contributed by atoms with Gasteiger partial charge in [-0.05, 0) is 47.5 Å². The fourth-order valence-electron chi connectivity index (χ4n) is 4.18. The molecule has 5 rings (SSSR count). The summed E-state index contributed by atoms with van der Waals surface area (Å²) >= 11 is 1.46. The van der Waals surface area contributed by atoms with Gasteiger partial charge < -0.3 is 15.2 Å². The van der Waals surface area contributed by atoms with E-state index < -0.39 is 0 Å². The zero-order chi connectivity index (χ0) is 23.5. The zero-order valence-corrected chi connectivity index (χ0v) is 19.2. The fraction of sp³-hybridized carbons (Fsp3) is 0.148. The summed E-state index contributed by atoms with van der Waals surface area (Å²) < 4.78 is 0. The van der Waals surface area contributed by atoms with Crippen molar-refractivity contribution >= 4 is 28.8 Å². The standard InChI is InChI=1S/C27H23N3O3S/c31-25-15-18(16-29-27(33)24-13-12-23(34-24)20-5-2-1-3-6-20)17-30(25)21-10-8-19(9-11-21)22-7-4-14-28-26(22)32/h1-14,18H,15-17H2,(H,28,32)(H,29,33).